The predicted octanol–water partition coefficient (Wildman–Crippen LogP) is 5.32. The van der Waals surface area contributed by atoms with Crippen LogP contribution in [0.1, 0.15) is 42.8 Å². The zero-order chi connectivity index (χ0) is 15.6. The van der Waals surface area contributed by atoms with Crippen molar-refractivity contribution in [1.29, 1.82) is 0 Å². The summed E-state index contributed by atoms with van der Waals surface area (Å²) in [4.78, 5) is 1.22. The van der Waals surface area contributed by atoms with Crippen molar-refractivity contribution in [2.45, 2.75) is 38.6 Å². The molecule has 114 valence electrons. The number of benzene rings is 1. The largest absolute Gasteiger partial charge is 0.271 e. The summed E-state index contributed by atoms with van der Waals surface area (Å²) in [6.45, 7) is 6.69. The molecule has 5 heteroatoms. The Balaban J connectivity index is 2.15. The molecule has 2 aromatic rings. The maximum atomic E-state index is 5.74. The van der Waals surface area contributed by atoms with Crippen LogP contribution < -0.4 is 11.3 Å². The zero-order valence-corrected chi connectivity index (χ0v) is 16.4. The second-order valence-electron chi connectivity index (χ2n) is 6.14. The molecule has 2 nitrogen and oxygen atoms in total. The van der Waals surface area contributed by atoms with Crippen LogP contribution in [0.2, 0.25) is 0 Å². The van der Waals surface area contributed by atoms with Gasteiger partial charge in [-0.15, -0.1) is 11.3 Å². The summed E-state index contributed by atoms with van der Waals surface area (Å²) in [7, 11) is 0. The van der Waals surface area contributed by atoms with Gasteiger partial charge in [0.15, 0.2) is 0 Å². The molecule has 0 aliphatic heterocycles. The molecule has 1 aromatic heterocycles. The van der Waals surface area contributed by atoms with Crippen molar-refractivity contribution >= 4 is 43.2 Å². The number of rotatable bonds is 4. The molecular formula is C16H20Br2N2S. The fourth-order valence-corrected chi connectivity index (χ4v) is 4.30. The number of hydrogen-bond donors (Lipinski definition) is 2. The minimum Gasteiger partial charge on any atom is -0.271 e. The van der Waals surface area contributed by atoms with Crippen LogP contribution in [0.15, 0.2) is 38.6 Å². The van der Waals surface area contributed by atoms with E-state index in [-0.39, 0.29) is 11.5 Å². The van der Waals surface area contributed by atoms with Crippen molar-refractivity contribution < 1.29 is 0 Å². The SMILES string of the molecule is CC(C)(C)c1ccc(CC(NN)c2cc(Br)c(Br)s2)cc1. The van der Waals surface area contributed by atoms with Crippen LogP contribution in [0.3, 0.4) is 0 Å². The highest BCUT2D eigenvalue weighted by Gasteiger charge is 2.17. The number of thiophene rings is 1. The van der Waals surface area contributed by atoms with E-state index in [0.29, 0.717) is 0 Å². The lowest BCUT2D eigenvalue weighted by Gasteiger charge is -2.20. The van der Waals surface area contributed by atoms with E-state index in [4.69, 9.17) is 5.84 Å². The summed E-state index contributed by atoms with van der Waals surface area (Å²) >= 11 is 8.76. The van der Waals surface area contributed by atoms with E-state index in [1.165, 1.54) is 16.0 Å². The van der Waals surface area contributed by atoms with Crippen molar-refractivity contribution in [2.75, 3.05) is 0 Å². The molecule has 0 bridgehead atoms. The van der Waals surface area contributed by atoms with Crippen molar-refractivity contribution in [3.63, 3.8) is 0 Å². The number of hydrazine groups is 1. The van der Waals surface area contributed by atoms with Gasteiger partial charge in [-0.3, -0.25) is 11.3 Å². The molecule has 0 aliphatic carbocycles. The van der Waals surface area contributed by atoms with Gasteiger partial charge in [0, 0.05) is 9.35 Å². The zero-order valence-electron chi connectivity index (χ0n) is 12.4. The first-order chi connectivity index (χ1) is 9.81. The van der Waals surface area contributed by atoms with Crippen LogP contribution in [-0.2, 0) is 11.8 Å². The molecule has 0 aliphatic rings. The van der Waals surface area contributed by atoms with Crippen LogP contribution in [0, 0.1) is 0 Å². The first kappa shape index (κ1) is 17.2. The molecule has 0 saturated carbocycles. The van der Waals surface area contributed by atoms with Gasteiger partial charge >= 0.3 is 0 Å². The Kier molecular flexibility index (Phi) is 5.65. The fraction of sp³-hybridized carbons (Fsp3) is 0.375. The molecule has 1 aromatic carbocycles. The van der Waals surface area contributed by atoms with E-state index in [0.717, 1.165) is 14.7 Å². The first-order valence-corrected chi connectivity index (χ1v) is 9.22. The number of nitrogens with one attached hydrogen (secondary N) is 1. The van der Waals surface area contributed by atoms with E-state index >= 15 is 0 Å². The highest BCUT2D eigenvalue weighted by atomic mass is 79.9. The third-order valence-corrected chi connectivity index (χ3v) is 6.84. The van der Waals surface area contributed by atoms with E-state index in [9.17, 15) is 0 Å². The summed E-state index contributed by atoms with van der Waals surface area (Å²) in [5.74, 6) is 5.74. The van der Waals surface area contributed by atoms with Gasteiger partial charge in [-0.25, -0.2) is 0 Å². The Hall–Kier alpha value is -0.200. The highest BCUT2D eigenvalue weighted by Crippen LogP contribution is 2.36. The van der Waals surface area contributed by atoms with E-state index < -0.39 is 0 Å². The molecule has 21 heavy (non-hydrogen) atoms. The molecule has 1 unspecified atom stereocenters. The molecule has 0 saturated heterocycles. The maximum absolute atomic E-state index is 5.74. The van der Waals surface area contributed by atoms with Crippen LogP contribution in [0.25, 0.3) is 0 Å². The molecule has 1 heterocycles. The van der Waals surface area contributed by atoms with Gasteiger partial charge in [-0.1, -0.05) is 45.0 Å². The van der Waals surface area contributed by atoms with Crippen LogP contribution in [0.4, 0.5) is 0 Å². The number of nitrogens with two attached hydrogens (primary N) is 1. The first-order valence-electron chi connectivity index (χ1n) is 6.81. The average molecular weight is 432 g/mol. The Morgan fingerprint density at radius 1 is 1.19 bits per heavy atom. The Morgan fingerprint density at radius 3 is 2.24 bits per heavy atom. The molecule has 0 fully saturated rings. The second-order valence-corrected chi connectivity index (χ2v) is 9.40. The van der Waals surface area contributed by atoms with E-state index in [1.54, 1.807) is 11.3 Å². The second kappa shape index (κ2) is 6.92. The smallest absolute Gasteiger partial charge is 0.0843 e. The summed E-state index contributed by atoms with van der Waals surface area (Å²) in [5.41, 5.74) is 5.74. The minimum atomic E-state index is 0.123. The normalized spacial score (nSPS) is 13.4. The van der Waals surface area contributed by atoms with Gasteiger partial charge in [0.25, 0.3) is 0 Å². The minimum absolute atomic E-state index is 0.123. The van der Waals surface area contributed by atoms with Gasteiger partial charge in [-0.2, -0.15) is 0 Å². The summed E-state index contributed by atoms with van der Waals surface area (Å²) in [6, 6.07) is 11.1. The Bertz CT molecular complexity index is 580. The lowest BCUT2D eigenvalue weighted by atomic mass is 9.86. The lowest BCUT2D eigenvalue weighted by Crippen LogP contribution is -2.29. The lowest BCUT2D eigenvalue weighted by molar-refractivity contribution is 0.559. The highest BCUT2D eigenvalue weighted by molar-refractivity contribution is 9.13. The van der Waals surface area contributed by atoms with Crippen molar-refractivity contribution in [2.24, 2.45) is 5.84 Å². The Morgan fingerprint density at radius 2 is 1.81 bits per heavy atom. The van der Waals surface area contributed by atoms with Crippen molar-refractivity contribution in [1.82, 2.24) is 5.43 Å². The van der Waals surface area contributed by atoms with Gasteiger partial charge in [0.2, 0.25) is 0 Å². The molecule has 0 radical (unpaired) electrons. The van der Waals surface area contributed by atoms with E-state index in [2.05, 4.69) is 88.4 Å². The monoisotopic (exact) mass is 430 g/mol. The molecule has 1 atom stereocenters. The van der Waals surface area contributed by atoms with E-state index in [1.807, 2.05) is 0 Å². The quantitative estimate of drug-likeness (QED) is 0.507. The van der Waals surface area contributed by atoms with Gasteiger partial charge in [0.1, 0.15) is 0 Å². The van der Waals surface area contributed by atoms with Crippen LogP contribution in [0.5, 0.6) is 0 Å². The summed E-state index contributed by atoms with van der Waals surface area (Å²) < 4.78 is 2.17. The summed E-state index contributed by atoms with van der Waals surface area (Å²) in [6.07, 6.45) is 0.875. The van der Waals surface area contributed by atoms with Gasteiger partial charge in [-0.05, 0) is 60.9 Å². The Labute approximate surface area is 147 Å². The van der Waals surface area contributed by atoms with Gasteiger partial charge < -0.3 is 0 Å². The molecule has 0 amide bonds. The number of halogens is 2. The van der Waals surface area contributed by atoms with Crippen LogP contribution >= 0.6 is 43.2 Å². The summed E-state index contributed by atoms with van der Waals surface area (Å²) in [5, 5.41) is 0. The van der Waals surface area contributed by atoms with Crippen molar-refractivity contribution in [3.8, 4) is 0 Å². The van der Waals surface area contributed by atoms with Gasteiger partial charge in [0.05, 0.1) is 9.83 Å². The molecule has 0 spiro atoms. The topological polar surface area (TPSA) is 38.0 Å². The van der Waals surface area contributed by atoms with Crippen LogP contribution in [-0.4, -0.2) is 0 Å². The fourth-order valence-electron chi connectivity index (χ4n) is 2.15. The standard InChI is InChI=1S/C16H20Br2N2S/c1-16(2,3)11-6-4-10(5-7-11)8-13(20-19)14-9-12(17)15(18)21-14/h4-7,9,13,20H,8,19H2,1-3H3. The molecular weight excluding hydrogens is 412 g/mol. The van der Waals surface area contributed by atoms with Crippen molar-refractivity contribution in [3.05, 3.63) is 54.6 Å². The number of hydrogen-bond acceptors (Lipinski definition) is 3. The third-order valence-electron chi connectivity index (χ3n) is 3.47. The predicted molar refractivity (Wildman–Crippen MR) is 98.6 cm³/mol. The maximum Gasteiger partial charge on any atom is 0.0843 e. The third kappa shape index (κ3) is 4.39. The average Bonchev–Trinajstić information content (AvgIpc) is 2.75. The molecule has 2 rings (SSSR count). The molecule has 3 N–H and O–H groups in total.